The monoisotopic (exact) mass is 251 g/mol. The second-order valence-corrected chi connectivity index (χ2v) is 4.70. The van der Waals surface area contributed by atoms with Crippen LogP contribution in [-0.2, 0) is 4.79 Å². The molecule has 1 atom stereocenters. The van der Waals surface area contributed by atoms with Crippen molar-refractivity contribution >= 4 is 29.0 Å². The molecule has 1 aromatic rings. The van der Waals surface area contributed by atoms with E-state index in [4.69, 9.17) is 11.6 Å². The normalized spacial score (nSPS) is 23.8. The average molecular weight is 252 g/mol. The number of hydrogen-bond donors (Lipinski definition) is 0. The van der Waals surface area contributed by atoms with Crippen LogP contribution in [0.5, 0.6) is 0 Å². The molecule has 1 aliphatic heterocycles. The fourth-order valence-electron chi connectivity index (χ4n) is 2.16. The lowest BCUT2D eigenvalue weighted by Gasteiger charge is -2.36. The first kappa shape index (κ1) is 12.1. The van der Waals surface area contributed by atoms with E-state index in [1.165, 1.54) is 0 Å². The van der Waals surface area contributed by atoms with Gasteiger partial charge in [0.05, 0.1) is 5.69 Å². The van der Waals surface area contributed by atoms with E-state index in [1.807, 2.05) is 13.0 Å². The van der Waals surface area contributed by atoms with E-state index in [1.54, 1.807) is 30.0 Å². The van der Waals surface area contributed by atoms with Gasteiger partial charge in [0.1, 0.15) is 0 Å². The Balaban J connectivity index is 2.65. The molecular weight excluding hydrogens is 238 g/mol. The quantitative estimate of drug-likeness (QED) is 0.599. The SMILES string of the molecule is CCN1C(=O)C(Cl)(CC)C(=O)c2ccccc21. The molecule has 1 unspecified atom stereocenters. The number of carbonyl (C=O) groups excluding carboxylic acids is 2. The Hall–Kier alpha value is -1.35. The second-order valence-electron chi connectivity index (χ2n) is 4.05. The summed E-state index contributed by atoms with van der Waals surface area (Å²) in [6, 6.07) is 7.10. The molecule has 0 radical (unpaired) electrons. The molecule has 4 heteroatoms. The molecular formula is C13H14ClNO2. The van der Waals surface area contributed by atoms with Gasteiger partial charge in [0.15, 0.2) is 10.7 Å². The smallest absolute Gasteiger partial charge is 0.256 e. The molecule has 0 spiro atoms. The molecule has 2 rings (SSSR count). The van der Waals surface area contributed by atoms with Crippen LogP contribution in [0, 0.1) is 0 Å². The molecule has 17 heavy (non-hydrogen) atoms. The number of nitrogens with zero attached hydrogens (tertiary/aromatic N) is 1. The zero-order valence-electron chi connectivity index (χ0n) is 9.87. The maximum Gasteiger partial charge on any atom is 0.256 e. The number of Topliss-reactive ketones (excluding diaryl/α,β-unsaturated/α-hetero) is 1. The Kier molecular flexibility index (Phi) is 2.96. The van der Waals surface area contributed by atoms with E-state index in [0.717, 1.165) is 0 Å². The maximum absolute atomic E-state index is 12.3. The van der Waals surface area contributed by atoms with Gasteiger partial charge in [-0.3, -0.25) is 9.59 Å². The molecule has 0 aromatic heterocycles. The van der Waals surface area contributed by atoms with Crippen molar-refractivity contribution in [1.82, 2.24) is 0 Å². The number of alkyl halides is 1. The number of halogens is 1. The first-order valence-electron chi connectivity index (χ1n) is 5.71. The van der Waals surface area contributed by atoms with Gasteiger partial charge < -0.3 is 4.90 Å². The number of amides is 1. The van der Waals surface area contributed by atoms with Crippen molar-refractivity contribution in [2.24, 2.45) is 0 Å². The van der Waals surface area contributed by atoms with Crippen LogP contribution < -0.4 is 4.90 Å². The summed E-state index contributed by atoms with van der Waals surface area (Å²) in [6.45, 7) is 4.14. The summed E-state index contributed by atoms with van der Waals surface area (Å²) in [7, 11) is 0. The molecule has 90 valence electrons. The summed E-state index contributed by atoms with van der Waals surface area (Å²) in [6.07, 6.45) is 0.303. The summed E-state index contributed by atoms with van der Waals surface area (Å²) < 4.78 is 0. The van der Waals surface area contributed by atoms with Crippen LogP contribution in [-0.4, -0.2) is 23.1 Å². The number of rotatable bonds is 2. The molecule has 1 aliphatic rings. The van der Waals surface area contributed by atoms with Crippen molar-refractivity contribution in [1.29, 1.82) is 0 Å². The summed E-state index contributed by atoms with van der Waals surface area (Å²) in [5.41, 5.74) is 1.19. The number of para-hydroxylation sites is 1. The van der Waals surface area contributed by atoms with Crippen molar-refractivity contribution in [3.8, 4) is 0 Å². The molecule has 3 nitrogen and oxygen atoms in total. The minimum atomic E-state index is -1.43. The van der Waals surface area contributed by atoms with Crippen LogP contribution in [0.1, 0.15) is 30.6 Å². The summed E-state index contributed by atoms with van der Waals surface area (Å²) in [5.74, 6) is -0.597. The van der Waals surface area contributed by atoms with Crippen molar-refractivity contribution in [3.05, 3.63) is 29.8 Å². The van der Waals surface area contributed by atoms with Crippen LogP contribution in [0.15, 0.2) is 24.3 Å². The van der Waals surface area contributed by atoms with Crippen LogP contribution in [0.25, 0.3) is 0 Å². The first-order valence-corrected chi connectivity index (χ1v) is 6.08. The number of anilines is 1. The molecule has 1 aromatic carbocycles. The van der Waals surface area contributed by atoms with Crippen LogP contribution in [0.4, 0.5) is 5.69 Å². The standard InChI is InChI=1S/C13H14ClNO2/c1-3-13(14)11(16)9-7-5-6-8-10(9)15(4-2)12(13)17/h5-8H,3-4H2,1-2H3. The van der Waals surface area contributed by atoms with E-state index in [-0.39, 0.29) is 11.7 Å². The van der Waals surface area contributed by atoms with Crippen molar-refractivity contribution in [2.45, 2.75) is 25.1 Å². The van der Waals surface area contributed by atoms with E-state index in [2.05, 4.69) is 0 Å². The van der Waals surface area contributed by atoms with Crippen molar-refractivity contribution in [2.75, 3.05) is 11.4 Å². The number of carbonyl (C=O) groups is 2. The molecule has 0 fully saturated rings. The lowest BCUT2D eigenvalue weighted by Crippen LogP contribution is -2.54. The Morgan fingerprint density at radius 2 is 1.88 bits per heavy atom. The minimum Gasteiger partial charge on any atom is -0.310 e. The Labute approximate surface area is 105 Å². The van der Waals surface area contributed by atoms with Crippen LogP contribution in [0.3, 0.4) is 0 Å². The van der Waals surface area contributed by atoms with Gasteiger partial charge in [-0.25, -0.2) is 0 Å². The lowest BCUT2D eigenvalue weighted by atomic mass is 9.87. The third-order valence-corrected chi connectivity index (χ3v) is 3.79. The van der Waals surface area contributed by atoms with E-state index >= 15 is 0 Å². The summed E-state index contributed by atoms with van der Waals surface area (Å²) in [4.78, 5) is 24.7. The van der Waals surface area contributed by atoms with Gasteiger partial charge in [-0.05, 0) is 25.5 Å². The van der Waals surface area contributed by atoms with Crippen molar-refractivity contribution < 1.29 is 9.59 Å². The van der Waals surface area contributed by atoms with Crippen LogP contribution in [0.2, 0.25) is 0 Å². The van der Waals surface area contributed by atoms with Gasteiger partial charge >= 0.3 is 0 Å². The molecule has 0 saturated carbocycles. The predicted octanol–water partition coefficient (Wildman–Crippen LogP) is 2.62. The van der Waals surface area contributed by atoms with E-state index < -0.39 is 4.87 Å². The zero-order valence-corrected chi connectivity index (χ0v) is 10.6. The third kappa shape index (κ3) is 1.57. The van der Waals surface area contributed by atoms with Gasteiger partial charge in [0.25, 0.3) is 5.91 Å². The fraction of sp³-hybridized carbons (Fsp3) is 0.385. The number of ketones is 1. The molecule has 0 bridgehead atoms. The first-order chi connectivity index (χ1) is 8.06. The zero-order chi connectivity index (χ0) is 12.6. The highest BCUT2D eigenvalue weighted by atomic mass is 35.5. The van der Waals surface area contributed by atoms with E-state index in [9.17, 15) is 9.59 Å². The van der Waals surface area contributed by atoms with Crippen molar-refractivity contribution in [3.63, 3.8) is 0 Å². The summed E-state index contributed by atoms with van der Waals surface area (Å²) in [5, 5.41) is 0. The second kappa shape index (κ2) is 4.15. The van der Waals surface area contributed by atoms with Gasteiger partial charge in [-0.2, -0.15) is 0 Å². The topological polar surface area (TPSA) is 37.4 Å². The number of benzene rings is 1. The highest BCUT2D eigenvalue weighted by Gasteiger charge is 2.49. The number of hydrogen-bond acceptors (Lipinski definition) is 2. The molecule has 0 aliphatic carbocycles. The summed E-state index contributed by atoms with van der Waals surface area (Å²) >= 11 is 6.22. The number of fused-ring (bicyclic) bond motifs is 1. The third-order valence-electron chi connectivity index (χ3n) is 3.19. The molecule has 0 N–H and O–H groups in total. The highest BCUT2D eigenvalue weighted by molar-refractivity contribution is 6.52. The lowest BCUT2D eigenvalue weighted by molar-refractivity contribution is -0.120. The van der Waals surface area contributed by atoms with Gasteiger partial charge in [-0.1, -0.05) is 30.7 Å². The van der Waals surface area contributed by atoms with Gasteiger partial charge in [0, 0.05) is 12.1 Å². The molecule has 0 saturated heterocycles. The predicted molar refractivity (Wildman–Crippen MR) is 67.7 cm³/mol. The Morgan fingerprint density at radius 3 is 2.47 bits per heavy atom. The Morgan fingerprint density at radius 1 is 1.24 bits per heavy atom. The fourth-order valence-corrected chi connectivity index (χ4v) is 2.36. The minimum absolute atomic E-state index is 0.285. The van der Waals surface area contributed by atoms with E-state index in [0.29, 0.717) is 24.2 Å². The van der Waals surface area contributed by atoms with Crippen LogP contribution >= 0.6 is 11.6 Å². The average Bonchev–Trinajstić information content (AvgIpc) is 2.37. The highest BCUT2D eigenvalue weighted by Crippen LogP contribution is 2.37. The Bertz CT molecular complexity index is 486. The maximum atomic E-state index is 12.3. The molecule has 1 heterocycles. The van der Waals surface area contributed by atoms with Gasteiger partial charge in [0.2, 0.25) is 0 Å². The van der Waals surface area contributed by atoms with Gasteiger partial charge in [-0.15, -0.1) is 0 Å². The largest absolute Gasteiger partial charge is 0.310 e. The molecule has 1 amide bonds.